The minimum absolute atomic E-state index is 0.0193. The van der Waals surface area contributed by atoms with E-state index >= 15 is 0 Å². The first-order valence-corrected chi connectivity index (χ1v) is 9.32. The molecule has 1 N–H and O–H groups in total. The van der Waals surface area contributed by atoms with Crippen molar-refractivity contribution in [1.82, 2.24) is 9.62 Å². The highest BCUT2D eigenvalue weighted by Gasteiger charge is 2.33. The van der Waals surface area contributed by atoms with Gasteiger partial charge in [0.25, 0.3) is 0 Å². The molecular formula is C15H19F3N2O3S. The Morgan fingerprint density at radius 3 is 2.62 bits per heavy atom. The second-order valence-electron chi connectivity index (χ2n) is 5.83. The highest BCUT2D eigenvalue weighted by Crippen LogP contribution is 2.31. The summed E-state index contributed by atoms with van der Waals surface area (Å²) in [6.45, 7) is 0.176. The van der Waals surface area contributed by atoms with Gasteiger partial charge >= 0.3 is 6.18 Å². The van der Waals surface area contributed by atoms with E-state index in [9.17, 15) is 26.4 Å². The number of nitrogens with zero attached hydrogens (tertiary/aromatic N) is 1. The van der Waals surface area contributed by atoms with E-state index in [1.165, 1.54) is 22.5 Å². The fourth-order valence-electron chi connectivity index (χ4n) is 2.74. The van der Waals surface area contributed by atoms with Crippen molar-refractivity contribution in [1.29, 1.82) is 0 Å². The Bertz CT molecular complexity index is 704. The lowest BCUT2D eigenvalue weighted by atomic mass is 9.98. The molecule has 0 aliphatic carbocycles. The average molecular weight is 364 g/mol. The van der Waals surface area contributed by atoms with Crippen LogP contribution in [-0.4, -0.2) is 38.0 Å². The zero-order valence-electron chi connectivity index (χ0n) is 13.1. The molecule has 1 unspecified atom stereocenters. The largest absolute Gasteiger partial charge is 0.416 e. The van der Waals surface area contributed by atoms with Gasteiger partial charge in [-0.1, -0.05) is 18.2 Å². The molecule has 2 rings (SSSR count). The molecule has 1 saturated heterocycles. The smallest absolute Gasteiger partial charge is 0.352 e. The SMILES string of the molecule is CS(=O)(=O)N1CCCC(C(=O)NCc2ccccc2C(F)(F)F)C1. The van der Waals surface area contributed by atoms with Gasteiger partial charge in [0.2, 0.25) is 15.9 Å². The second-order valence-corrected chi connectivity index (χ2v) is 7.82. The van der Waals surface area contributed by atoms with Crippen LogP contribution in [0.5, 0.6) is 0 Å². The molecule has 1 aliphatic rings. The molecule has 1 aromatic carbocycles. The number of halogens is 3. The van der Waals surface area contributed by atoms with Crippen LogP contribution in [0.15, 0.2) is 24.3 Å². The topological polar surface area (TPSA) is 66.5 Å². The first-order valence-electron chi connectivity index (χ1n) is 7.47. The number of carbonyl (C=O) groups excluding carboxylic acids is 1. The highest BCUT2D eigenvalue weighted by molar-refractivity contribution is 7.88. The third kappa shape index (κ3) is 4.70. The zero-order valence-corrected chi connectivity index (χ0v) is 14.0. The van der Waals surface area contributed by atoms with Gasteiger partial charge in [-0.3, -0.25) is 4.79 Å². The lowest BCUT2D eigenvalue weighted by Crippen LogP contribution is -2.45. The maximum Gasteiger partial charge on any atom is 0.416 e. The summed E-state index contributed by atoms with van der Waals surface area (Å²) in [5.41, 5.74) is -0.805. The molecule has 0 saturated carbocycles. The van der Waals surface area contributed by atoms with Crippen LogP contribution in [0.1, 0.15) is 24.0 Å². The predicted molar refractivity (Wildman–Crippen MR) is 82.4 cm³/mol. The standard InChI is InChI=1S/C15H19F3N2O3S/c1-24(22,23)20-8-4-6-12(10-20)14(21)19-9-11-5-2-3-7-13(11)15(16,17)18/h2-3,5,7,12H,4,6,8-10H2,1H3,(H,19,21). The van der Waals surface area contributed by atoms with Gasteiger partial charge in [-0.25, -0.2) is 12.7 Å². The summed E-state index contributed by atoms with van der Waals surface area (Å²) in [6, 6.07) is 5.04. The number of benzene rings is 1. The van der Waals surface area contributed by atoms with Crippen molar-refractivity contribution < 1.29 is 26.4 Å². The number of amides is 1. The first-order chi connectivity index (χ1) is 11.1. The van der Waals surface area contributed by atoms with Crippen LogP contribution in [-0.2, 0) is 27.5 Å². The Morgan fingerprint density at radius 1 is 1.33 bits per heavy atom. The number of carbonyl (C=O) groups is 1. The van der Waals surface area contributed by atoms with E-state index in [1.54, 1.807) is 0 Å². The maximum absolute atomic E-state index is 12.9. The van der Waals surface area contributed by atoms with Crippen molar-refractivity contribution in [2.45, 2.75) is 25.6 Å². The van der Waals surface area contributed by atoms with Crippen LogP contribution in [0.3, 0.4) is 0 Å². The fourth-order valence-corrected chi connectivity index (χ4v) is 3.65. The monoisotopic (exact) mass is 364 g/mol. The van der Waals surface area contributed by atoms with Crippen LogP contribution in [0.2, 0.25) is 0 Å². The van der Waals surface area contributed by atoms with E-state index in [-0.39, 0.29) is 18.7 Å². The van der Waals surface area contributed by atoms with Gasteiger partial charge < -0.3 is 5.32 Å². The average Bonchev–Trinajstić information content (AvgIpc) is 2.51. The predicted octanol–water partition coefficient (Wildman–Crippen LogP) is 1.99. The molecule has 24 heavy (non-hydrogen) atoms. The molecule has 1 amide bonds. The Hall–Kier alpha value is -1.61. The van der Waals surface area contributed by atoms with E-state index in [0.717, 1.165) is 12.3 Å². The molecule has 0 aromatic heterocycles. The van der Waals surface area contributed by atoms with Gasteiger partial charge in [0, 0.05) is 19.6 Å². The number of rotatable bonds is 4. The molecule has 1 aromatic rings. The number of sulfonamides is 1. The molecule has 1 atom stereocenters. The first kappa shape index (κ1) is 18.7. The van der Waals surface area contributed by atoms with Gasteiger partial charge in [-0.2, -0.15) is 13.2 Å². The van der Waals surface area contributed by atoms with Gasteiger partial charge in [0.05, 0.1) is 17.7 Å². The van der Waals surface area contributed by atoms with Crippen molar-refractivity contribution >= 4 is 15.9 Å². The summed E-state index contributed by atoms with van der Waals surface area (Å²) < 4.78 is 63.1. The summed E-state index contributed by atoms with van der Waals surface area (Å²) in [4.78, 5) is 12.2. The van der Waals surface area contributed by atoms with E-state index in [4.69, 9.17) is 0 Å². The van der Waals surface area contributed by atoms with Crippen molar-refractivity contribution in [2.24, 2.45) is 5.92 Å². The highest BCUT2D eigenvalue weighted by atomic mass is 32.2. The Labute approximate surface area is 138 Å². The van der Waals surface area contributed by atoms with Crippen LogP contribution >= 0.6 is 0 Å². The van der Waals surface area contributed by atoms with Crippen molar-refractivity contribution in [3.63, 3.8) is 0 Å². The molecular weight excluding hydrogens is 345 g/mol. The van der Waals surface area contributed by atoms with E-state index in [2.05, 4.69) is 5.32 Å². The number of nitrogens with one attached hydrogen (secondary N) is 1. The summed E-state index contributed by atoms with van der Waals surface area (Å²) in [6.07, 6.45) is -2.35. The quantitative estimate of drug-likeness (QED) is 0.889. The van der Waals surface area contributed by atoms with Crippen molar-refractivity contribution in [3.8, 4) is 0 Å². The summed E-state index contributed by atoms with van der Waals surface area (Å²) in [5.74, 6) is -0.980. The molecule has 0 spiro atoms. The van der Waals surface area contributed by atoms with Crippen LogP contribution in [0.4, 0.5) is 13.2 Å². The van der Waals surface area contributed by atoms with Gasteiger partial charge in [-0.05, 0) is 24.5 Å². The molecule has 0 radical (unpaired) electrons. The summed E-state index contributed by atoms with van der Waals surface area (Å²) in [7, 11) is -3.38. The number of hydrogen-bond donors (Lipinski definition) is 1. The fraction of sp³-hybridized carbons (Fsp3) is 0.533. The van der Waals surface area contributed by atoms with Crippen molar-refractivity contribution in [3.05, 3.63) is 35.4 Å². The molecule has 1 fully saturated rings. The number of piperidine rings is 1. The Morgan fingerprint density at radius 2 is 2.00 bits per heavy atom. The molecule has 1 heterocycles. The summed E-state index contributed by atoms with van der Waals surface area (Å²) >= 11 is 0. The minimum atomic E-state index is -4.49. The third-order valence-corrected chi connectivity index (χ3v) is 5.27. The molecule has 5 nitrogen and oxygen atoms in total. The molecule has 1 aliphatic heterocycles. The minimum Gasteiger partial charge on any atom is -0.352 e. The lowest BCUT2D eigenvalue weighted by molar-refractivity contribution is -0.138. The molecule has 134 valence electrons. The zero-order chi connectivity index (χ0) is 18.0. The third-order valence-electron chi connectivity index (χ3n) is 4.00. The van der Waals surface area contributed by atoms with E-state index in [0.29, 0.717) is 19.4 Å². The molecule has 9 heteroatoms. The Balaban J connectivity index is 2.01. The van der Waals surface area contributed by atoms with E-state index < -0.39 is 33.6 Å². The van der Waals surface area contributed by atoms with Gasteiger partial charge in [-0.15, -0.1) is 0 Å². The van der Waals surface area contributed by atoms with Crippen LogP contribution < -0.4 is 5.32 Å². The Kier molecular flexibility index (Phi) is 5.54. The van der Waals surface area contributed by atoms with Gasteiger partial charge in [0.1, 0.15) is 0 Å². The number of hydrogen-bond acceptors (Lipinski definition) is 3. The van der Waals surface area contributed by atoms with Crippen LogP contribution in [0, 0.1) is 5.92 Å². The van der Waals surface area contributed by atoms with Crippen LogP contribution in [0.25, 0.3) is 0 Å². The van der Waals surface area contributed by atoms with E-state index in [1.807, 2.05) is 0 Å². The molecule has 0 bridgehead atoms. The maximum atomic E-state index is 12.9. The lowest BCUT2D eigenvalue weighted by Gasteiger charge is -2.30. The number of alkyl halides is 3. The van der Waals surface area contributed by atoms with Crippen molar-refractivity contribution in [2.75, 3.05) is 19.3 Å². The normalized spacial score (nSPS) is 19.9. The summed E-state index contributed by atoms with van der Waals surface area (Å²) in [5, 5.41) is 2.49. The van der Waals surface area contributed by atoms with Gasteiger partial charge in [0.15, 0.2) is 0 Å². The second kappa shape index (κ2) is 7.10.